The maximum atomic E-state index is 5.40. The average Bonchev–Trinajstić information content (AvgIpc) is 2.88. The van der Waals surface area contributed by atoms with Gasteiger partial charge >= 0.3 is 0 Å². The van der Waals surface area contributed by atoms with Crippen LogP contribution in [-0.4, -0.2) is 35.8 Å². The number of hydrogen-bond donors (Lipinski definition) is 1. The van der Waals surface area contributed by atoms with E-state index in [1.54, 1.807) is 0 Å². The van der Waals surface area contributed by atoms with Gasteiger partial charge in [-0.1, -0.05) is 20.8 Å². The number of nitrogens with one attached hydrogen (secondary N) is 1. The Morgan fingerprint density at radius 1 is 1.26 bits per heavy atom. The minimum Gasteiger partial charge on any atom is -0.338 e. The third-order valence-corrected chi connectivity index (χ3v) is 3.76. The Kier molecular flexibility index (Phi) is 5.19. The fraction of sp³-hybridized carbons (Fsp3) is 0.857. The maximum absolute atomic E-state index is 5.40. The highest BCUT2D eigenvalue weighted by molar-refractivity contribution is 5.28. The molecule has 1 atom stereocenters. The Bertz CT molecular complexity index is 371. The fourth-order valence-corrected chi connectivity index (χ4v) is 2.55. The zero-order valence-electron chi connectivity index (χ0n) is 12.4. The quantitative estimate of drug-likeness (QED) is 0.855. The van der Waals surface area contributed by atoms with E-state index in [0.717, 1.165) is 37.9 Å². The molecule has 5 heteroatoms. The van der Waals surface area contributed by atoms with Gasteiger partial charge in [0.25, 0.3) is 5.95 Å². The van der Waals surface area contributed by atoms with Crippen LogP contribution < -0.4 is 10.2 Å². The van der Waals surface area contributed by atoms with Crippen LogP contribution >= 0.6 is 0 Å². The van der Waals surface area contributed by atoms with Crippen molar-refractivity contribution in [3.05, 3.63) is 5.89 Å². The molecule has 108 valence electrons. The molecule has 1 fully saturated rings. The fourth-order valence-electron chi connectivity index (χ4n) is 2.55. The van der Waals surface area contributed by atoms with Gasteiger partial charge in [-0.15, -0.1) is 0 Å². The molecule has 19 heavy (non-hydrogen) atoms. The highest BCUT2D eigenvalue weighted by Crippen LogP contribution is 2.17. The SMILES string of the molecule is CCNC(Cc1nc(N2CCCCC2)no1)C(C)C. The van der Waals surface area contributed by atoms with Crippen LogP contribution in [0.15, 0.2) is 4.52 Å². The van der Waals surface area contributed by atoms with Crippen LogP contribution in [0, 0.1) is 5.92 Å². The van der Waals surface area contributed by atoms with Gasteiger partial charge in [0.15, 0.2) is 0 Å². The van der Waals surface area contributed by atoms with Crippen LogP contribution in [0.2, 0.25) is 0 Å². The van der Waals surface area contributed by atoms with Crippen molar-refractivity contribution in [2.75, 3.05) is 24.5 Å². The summed E-state index contributed by atoms with van der Waals surface area (Å²) in [6.07, 6.45) is 4.59. The van der Waals surface area contributed by atoms with Gasteiger partial charge in [-0.2, -0.15) is 4.98 Å². The molecular formula is C14H26N4O. The summed E-state index contributed by atoms with van der Waals surface area (Å²) < 4.78 is 5.40. The van der Waals surface area contributed by atoms with Crippen LogP contribution in [0.25, 0.3) is 0 Å². The molecule has 1 aromatic rings. The molecule has 2 heterocycles. The van der Waals surface area contributed by atoms with Gasteiger partial charge in [0, 0.05) is 25.6 Å². The molecule has 0 aliphatic carbocycles. The topological polar surface area (TPSA) is 54.2 Å². The van der Waals surface area contributed by atoms with Crippen molar-refractivity contribution in [3.8, 4) is 0 Å². The largest absolute Gasteiger partial charge is 0.338 e. The molecule has 0 saturated carbocycles. The molecule has 1 aliphatic heterocycles. The van der Waals surface area contributed by atoms with Gasteiger partial charge in [0.2, 0.25) is 5.89 Å². The third-order valence-electron chi connectivity index (χ3n) is 3.76. The van der Waals surface area contributed by atoms with E-state index in [9.17, 15) is 0 Å². The monoisotopic (exact) mass is 266 g/mol. The molecule has 0 radical (unpaired) electrons. The van der Waals surface area contributed by atoms with Gasteiger partial charge in [-0.3, -0.25) is 0 Å². The number of nitrogens with zero attached hydrogens (tertiary/aromatic N) is 3. The van der Waals surface area contributed by atoms with Crippen molar-refractivity contribution >= 4 is 5.95 Å². The number of piperidine rings is 1. The Balaban J connectivity index is 1.95. The zero-order valence-corrected chi connectivity index (χ0v) is 12.4. The minimum absolute atomic E-state index is 0.402. The summed E-state index contributed by atoms with van der Waals surface area (Å²) in [5.41, 5.74) is 0. The smallest absolute Gasteiger partial charge is 0.266 e. The molecular weight excluding hydrogens is 240 g/mol. The van der Waals surface area contributed by atoms with Gasteiger partial charge in [0.05, 0.1) is 0 Å². The second-order valence-electron chi connectivity index (χ2n) is 5.65. The predicted molar refractivity (Wildman–Crippen MR) is 76.4 cm³/mol. The summed E-state index contributed by atoms with van der Waals surface area (Å²) in [6, 6.07) is 0.402. The number of aromatic nitrogens is 2. The second kappa shape index (κ2) is 6.89. The minimum atomic E-state index is 0.402. The zero-order chi connectivity index (χ0) is 13.7. The molecule has 0 aromatic carbocycles. The molecule has 1 aliphatic rings. The van der Waals surface area contributed by atoms with E-state index >= 15 is 0 Å². The van der Waals surface area contributed by atoms with Crippen LogP contribution in [0.3, 0.4) is 0 Å². The van der Waals surface area contributed by atoms with Gasteiger partial charge in [0.1, 0.15) is 0 Å². The lowest BCUT2D eigenvalue weighted by molar-refractivity contribution is 0.328. The molecule has 2 rings (SSSR count). The molecule has 1 unspecified atom stereocenters. The second-order valence-corrected chi connectivity index (χ2v) is 5.65. The lowest BCUT2D eigenvalue weighted by Crippen LogP contribution is -2.35. The van der Waals surface area contributed by atoms with E-state index in [1.807, 2.05) is 0 Å². The first kappa shape index (κ1) is 14.3. The van der Waals surface area contributed by atoms with Crippen LogP contribution in [-0.2, 0) is 6.42 Å². The average molecular weight is 266 g/mol. The lowest BCUT2D eigenvalue weighted by atomic mass is 10.0. The Hall–Kier alpha value is -1.10. The first-order chi connectivity index (χ1) is 9.20. The van der Waals surface area contributed by atoms with E-state index in [4.69, 9.17) is 4.52 Å². The normalized spacial score (nSPS) is 18.0. The van der Waals surface area contributed by atoms with E-state index in [-0.39, 0.29) is 0 Å². The molecule has 1 saturated heterocycles. The first-order valence-electron chi connectivity index (χ1n) is 7.51. The molecule has 1 N–H and O–H groups in total. The summed E-state index contributed by atoms with van der Waals surface area (Å²) in [5.74, 6) is 2.08. The molecule has 5 nitrogen and oxygen atoms in total. The standard InChI is InChI=1S/C14H26N4O/c1-4-15-12(11(2)3)10-13-16-14(17-19-13)18-8-6-5-7-9-18/h11-12,15H,4-10H2,1-3H3. The van der Waals surface area contributed by atoms with Crippen molar-refractivity contribution in [2.45, 2.75) is 52.5 Å². The van der Waals surface area contributed by atoms with E-state index < -0.39 is 0 Å². The van der Waals surface area contributed by atoms with Gasteiger partial charge < -0.3 is 14.7 Å². The highest BCUT2D eigenvalue weighted by atomic mass is 16.5. The van der Waals surface area contributed by atoms with Crippen LogP contribution in [0.4, 0.5) is 5.95 Å². The summed E-state index contributed by atoms with van der Waals surface area (Å²) in [5, 5.41) is 7.60. The summed E-state index contributed by atoms with van der Waals surface area (Å²) in [4.78, 5) is 6.78. The van der Waals surface area contributed by atoms with Crippen molar-refractivity contribution in [1.82, 2.24) is 15.5 Å². The number of hydrogen-bond acceptors (Lipinski definition) is 5. The maximum Gasteiger partial charge on any atom is 0.266 e. The number of rotatable bonds is 6. The van der Waals surface area contributed by atoms with Crippen molar-refractivity contribution < 1.29 is 4.52 Å². The van der Waals surface area contributed by atoms with Crippen molar-refractivity contribution in [1.29, 1.82) is 0 Å². The molecule has 1 aromatic heterocycles. The Labute approximate surface area is 115 Å². The summed E-state index contributed by atoms with van der Waals surface area (Å²) in [6.45, 7) is 9.64. The van der Waals surface area contributed by atoms with E-state index in [1.165, 1.54) is 19.3 Å². The van der Waals surface area contributed by atoms with Crippen molar-refractivity contribution in [2.24, 2.45) is 5.92 Å². The van der Waals surface area contributed by atoms with Crippen LogP contribution in [0.1, 0.15) is 45.9 Å². The molecule has 0 amide bonds. The summed E-state index contributed by atoms with van der Waals surface area (Å²) in [7, 11) is 0. The highest BCUT2D eigenvalue weighted by Gasteiger charge is 2.20. The van der Waals surface area contributed by atoms with Gasteiger partial charge in [-0.05, 0) is 36.9 Å². The first-order valence-corrected chi connectivity index (χ1v) is 7.51. The number of anilines is 1. The molecule has 0 spiro atoms. The van der Waals surface area contributed by atoms with E-state index in [2.05, 4.69) is 41.1 Å². The third kappa shape index (κ3) is 3.93. The molecule has 0 bridgehead atoms. The predicted octanol–water partition coefficient (Wildman–Crippen LogP) is 2.24. The number of likely N-dealkylation sites (N-methyl/N-ethyl adjacent to an activating group) is 1. The van der Waals surface area contributed by atoms with Crippen molar-refractivity contribution in [3.63, 3.8) is 0 Å². The van der Waals surface area contributed by atoms with E-state index in [0.29, 0.717) is 12.0 Å². The lowest BCUT2D eigenvalue weighted by Gasteiger charge is -2.24. The van der Waals surface area contributed by atoms with Crippen LogP contribution in [0.5, 0.6) is 0 Å². The summed E-state index contributed by atoms with van der Waals surface area (Å²) >= 11 is 0. The Morgan fingerprint density at radius 2 is 2.00 bits per heavy atom. The van der Waals surface area contributed by atoms with Gasteiger partial charge in [-0.25, -0.2) is 0 Å². The Morgan fingerprint density at radius 3 is 2.63 bits per heavy atom.